The van der Waals surface area contributed by atoms with Gasteiger partial charge in [0.2, 0.25) is 0 Å². The summed E-state index contributed by atoms with van der Waals surface area (Å²) in [4.78, 5) is 2.12. The highest BCUT2D eigenvalue weighted by atomic mass is 35.5. The first kappa shape index (κ1) is 13.8. The summed E-state index contributed by atoms with van der Waals surface area (Å²) in [6.45, 7) is 4.91. The molecule has 0 aliphatic heterocycles. The van der Waals surface area contributed by atoms with E-state index in [1.54, 1.807) is 0 Å². The maximum atomic E-state index is 5.97. The molecule has 4 heteroatoms. The lowest BCUT2D eigenvalue weighted by atomic mass is 10.1. The average molecular weight is 276 g/mol. The number of halogens is 1. The number of hydrogen-bond acceptors (Lipinski definition) is 3. The number of hydrogen-bond donors (Lipinski definition) is 0. The van der Waals surface area contributed by atoms with Crippen LogP contribution in [0.15, 0.2) is 30.3 Å². The predicted molar refractivity (Wildman–Crippen MR) is 79.9 cm³/mol. The second-order valence-electron chi connectivity index (χ2n) is 4.72. The molecule has 2 aromatic rings. The van der Waals surface area contributed by atoms with Crippen molar-refractivity contribution in [3.8, 4) is 0 Å². The summed E-state index contributed by atoms with van der Waals surface area (Å²) < 4.78 is 0. The molecule has 0 saturated carbocycles. The quantitative estimate of drug-likeness (QED) is 0.856. The first-order chi connectivity index (χ1) is 9.09. The van der Waals surface area contributed by atoms with Crippen molar-refractivity contribution in [3.63, 3.8) is 0 Å². The van der Waals surface area contributed by atoms with E-state index in [9.17, 15) is 0 Å². The Balaban J connectivity index is 2.08. The fourth-order valence-corrected chi connectivity index (χ4v) is 2.15. The fourth-order valence-electron chi connectivity index (χ4n) is 1.97. The minimum absolute atomic E-state index is 0.484. The molecule has 1 aromatic heterocycles. The van der Waals surface area contributed by atoms with Crippen molar-refractivity contribution in [1.82, 2.24) is 10.2 Å². The first-order valence-corrected chi connectivity index (χ1v) is 6.72. The summed E-state index contributed by atoms with van der Waals surface area (Å²) in [5, 5.41) is 8.67. The second-order valence-corrected chi connectivity index (χ2v) is 5.08. The Bertz CT molecular complexity index is 555. The standard InChI is InChI=1S/C15H18ClN3/c1-11-12(2)15(18-17-14(11)16)19(3)10-9-13-7-5-4-6-8-13/h4-8H,9-10H2,1-3H3. The topological polar surface area (TPSA) is 29.0 Å². The number of nitrogens with zero attached hydrogens (tertiary/aromatic N) is 3. The van der Waals surface area contributed by atoms with Crippen LogP contribution in [0.1, 0.15) is 16.7 Å². The summed E-state index contributed by atoms with van der Waals surface area (Å²) >= 11 is 5.97. The van der Waals surface area contributed by atoms with Crippen LogP contribution in [0.3, 0.4) is 0 Å². The monoisotopic (exact) mass is 275 g/mol. The molecule has 1 aromatic carbocycles. The largest absolute Gasteiger partial charge is 0.358 e. The highest BCUT2D eigenvalue weighted by Crippen LogP contribution is 2.22. The molecule has 0 unspecified atom stereocenters. The van der Waals surface area contributed by atoms with Crippen LogP contribution in [-0.2, 0) is 6.42 Å². The molecule has 0 amide bonds. The van der Waals surface area contributed by atoms with E-state index in [0.29, 0.717) is 5.15 Å². The van der Waals surface area contributed by atoms with Gasteiger partial charge in [0, 0.05) is 13.6 Å². The molecule has 0 radical (unpaired) electrons. The van der Waals surface area contributed by atoms with E-state index in [-0.39, 0.29) is 0 Å². The van der Waals surface area contributed by atoms with Gasteiger partial charge < -0.3 is 4.90 Å². The highest BCUT2D eigenvalue weighted by Gasteiger charge is 2.11. The van der Waals surface area contributed by atoms with Crippen LogP contribution in [0.5, 0.6) is 0 Å². The minimum Gasteiger partial charge on any atom is -0.358 e. The summed E-state index contributed by atoms with van der Waals surface area (Å²) in [6.07, 6.45) is 0.986. The molecule has 0 atom stereocenters. The Morgan fingerprint density at radius 2 is 1.74 bits per heavy atom. The van der Waals surface area contributed by atoms with E-state index in [1.807, 2.05) is 27.0 Å². The van der Waals surface area contributed by atoms with E-state index in [4.69, 9.17) is 11.6 Å². The summed E-state index contributed by atoms with van der Waals surface area (Å²) in [7, 11) is 2.04. The third-order valence-electron chi connectivity index (χ3n) is 3.38. The molecule has 1 heterocycles. The number of anilines is 1. The van der Waals surface area contributed by atoms with Crippen molar-refractivity contribution in [2.24, 2.45) is 0 Å². The van der Waals surface area contributed by atoms with Crippen molar-refractivity contribution in [1.29, 1.82) is 0 Å². The number of benzene rings is 1. The lowest BCUT2D eigenvalue weighted by Gasteiger charge is -2.20. The summed E-state index contributed by atoms with van der Waals surface area (Å²) in [5.41, 5.74) is 3.42. The lowest BCUT2D eigenvalue weighted by Crippen LogP contribution is -2.23. The van der Waals surface area contributed by atoms with E-state index in [1.165, 1.54) is 5.56 Å². The predicted octanol–water partition coefficient (Wildman–Crippen LogP) is 3.43. The second kappa shape index (κ2) is 6.02. The van der Waals surface area contributed by atoms with Crippen molar-refractivity contribution in [2.45, 2.75) is 20.3 Å². The van der Waals surface area contributed by atoms with Crippen LogP contribution in [0.25, 0.3) is 0 Å². The smallest absolute Gasteiger partial charge is 0.155 e. The number of likely N-dealkylation sites (N-methyl/N-ethyl adjacent to an activating group) is 1. The van der Waals surface area contributed by atoms with E-state index in [0.717, 1.165) is 29.9 Å². The van der Waals surface area contributed by atoms with Gasteiger partial charge in [0.05, 0.1) is 0 Å². The van der Waals surface area contributed by atoms with Gasteiger partial charge in [-0.25, -0.2) is 0 Å². The summed E-state index contributed by atoms with van der Waals surface area (Å²) in [6, 6.07) is 10.4. The zero-order valence-corrected chi connectivity index (χ0v) is 12.3. The minimum atomic E-state index is 0.484. The lowest BCUT2D eigenvalue weighted by molar-refractivity contribution is 0.830. The zero-order chi connectivity index (χ0) is 13.8. The molecule has 0 fully saturated rings. The molecule has 0 saturated heterocycles. The molecule has 100 valence electrons. The van der Waals surface area contributed by atoms with Crippen molar-refractivity contribution in [3.05, 3.63) is 52.2 Å². The van der Waals surface area contributed by atoms with Crippen LogP contribution < -0.4 is 4.90 Å². The molecule has 0 N–H and O–H groups in total. The number of rotatable bonds is 4. The Kier molecular flexibility index (Phi) is 4.38. The molecule has 0 aliphatic rings. The Hall–Kier alpha value is -1.61. The van der Waals surface area contributed by atoms with Gasteiger partial charge in [0.1, 0.15) is 0 Å². The van der Waals surface area contributed by atoms with Gasteiger partial charge >= 0.3 is 0 Å². The molecule has 0 aliphatic carbocycles. The summed E-state index contributed by atoms with van der Waals surface area (Å²) in [5.74, 6) is 0.901. The van der Waals surface area contributed by atoms with Crippen molar-refractivity contribution < 1.29 is 0 Å². The van der Waals surface area contributed by atoms with Crippen LogP contribution in [0, 0.1) is 13.8 Å². The van der Waals surface area contributed by atoms with Gasteiger partial charge in [-0.3, -0.25) is 0 Å². The van der Waals surface area contributed by atoms with Gasteiger partial charge in [0.15, 0.2) is 11.0 Å². The maximum absolute atomic E-state index is 5.97. The van der Waals surface area contributed by atoms with E-state index >= 15 is 0 Å². The first-order valence-electron chi connectivity index (χ1n) is 6.34. The average Bonchev–Trinajstić information content (AvgIpc) is 2.43. The Morgan fingerprint density at radius 3 is 2.42 bits per heavy atom. The van der Waals surface area contributed by atoms with Gasteiger partial charge in [-0.2, -0.15) is 0 Å². The Labute approximate surface area is 119 Å². The van der Waals surface area contributed by atoms with Crippen LogP contribution >= 0.6 is 11.6 Å². The molecule has 0 bridgehead atoms. The van der Waals surface area contributed by atoms with Crippen LogP contribution in [0.4, 0.5) is 5.82 Å². The normalized spacial score (nSPS) is 10.5. The molecule has 2 rings (SSSR count). The molecule has 3 nitrogen and oxygen atoms in total. The van der Waals surface area contributed by atoms with E-state index in [2.05, 4.69) is 39.4 Å². The zero-order valence-electron chi connectivity index (χ0n) is 11.5. The van der Waals surface area contributed by atoms with Crippen molar-refractivity contribution in [2.75, 3.05) is 18.5 Å². The van der Waals surface area contributed by atoms with Gasteiger partial charge in [-0.1, -0.05) is 41.9 Å². The third kappa shape index (κ3) is 3.24. The van der Waals surface area contributed by atoms with Crippen molar-refractivity contribution >= 4 is 17.4 Å². The fraction of sp³-hybridized carbons (Fsp3) is 0.333. The van der Waals surface area contributed by atoms with E-state index < -0.39 is 0 Å². The number of aromatic nitrogens is 2. The molecule has 0 spiro atoms. The maximum Gasteiger partial charge on any atom is 0.155 e. The molecular weight excluding hydrogens is 258 g/mol. The highest BCUT2D eigenvalue weighted by molar-refractivity contribution is 6.30. The molecule has 19 heavy (non-hydrogen) atoms. The third-order valence-corrected chi connectivity index (χ3v) is 3.74. The van der Waals surface area contributed by atoms with Gasteiger partial charge in [-0.05, 0) is 37.0 Å². The Morgan fingerprint density at radius 1 is 1.05 bits per heavy atom. The van der Waals surface area contributed by atoms with Crippen LogP contribution in [-0.4, -0.2) is 23.8 Å². The van der Waals surface area contributed by atoms with Gasteiger partial charge in [-0.15, -0.1) is 10.2 Å². The van der Waals surface area contributed by atoms with Crippen LogP contribution in [0.2, 0.25) is 5.15 Å². The SMILES string of the molecule is Cc1c(Cl)nnc(N(C)CCc2ccccc2)c1C. The molecular formula is C15H18ClN3. The van der Waals surface area contributed by atoms with Gasteiger partial charge in [0.25, 0.3) is 0 Å².